The molecule has 38 rings (SSSR count). The Labute approximate surface area is 826 Å². The zero-order chi connectivity index (χ0) is 94.8. The summed E-state index contributed by atoms with van der Waals surface area (Å²) in [6.07, 6.45) is 0. The Morgan fingerprint density at radius 3 is 0.959 bits per heavy atom. The fourth-order valence-corrected chi connectivity index (χ4v) is 27.2. The normalized spacial score (nSPS) is 13.2. The maximum Gasteiger partial charge on any atom is 0.136 e. The molecule has 676 valence electrons. The maximum atomic E-state index is 6.28. The van der Waals surface area contributed by atoms with Crippen molar-refractivity contribution in [2.75, 3.05) is 0 Å². The largest absolute Gasteiger partial charge is 0.456 e. The fraction of sp³-hybridized carbons (Fsp3) is 0.0222. The van der Waals surface area contributed by atoms with Gasteiger partial charge in [-0.1, -0.05) is 287 Å². The molecule has 37 aromatic rings. The van der Waals surface area contributed by atoms with Gasteiger partial charge in [0.05, 0.1) is 88.3 Å². The van der Waals surface area contributed by atoms with Gasteiger partial charge in [0.2, 0.25) is 0 Å². The highest BCUT2D eigenvalue weighted by Gasteiger charge is 2.39. The van der Waals surface area contributed by atoms with E-state index in [0.29, 0.717) is 0 Å². The van der Waals surface area contributed by atoms with Gasteiger partial charge in [-0.2, -0.15) is 0 Å². The van der Waals surface area contributed by atoms with Crippen LogP contribution in [0.3, 0.4) is 0 Å². The lowest BCUT2D eigenvalue weighted by atomic mass is 9.82. The minimum atomic E-state index is -0.00392. The maximum absolute atomic E-state index is 6.28. The molecule has 1 aliphatic carbocycles. The van der Waals surface area contributed by atoms with Gasteiger partial charge < -0.3 is 48.8 Å². The Morgan fingerprint density at radius 2 is 0.473 bits per heavy atom. The molecule has 0 radical (unpaired) electrons. The van der Waals surface area contributed by atoms with E-state index in [4.69, 9.17) is 22.1 Å². The molecule has 15 heterocycles. The standard InChI is InChI=1S/2C36H20N2O.C33H21NO.C30H15NO2/c1-2-9-21(10-3-1)37-28-15-6-4-12-24(28)34-29(37)17-18-30-35(34)25-14-8-13-23-26-20-33-27(19-31(26)38(30)36(23)25)22-11-5-7-16-32(22)39-33;1-2-9-21(10-3-1)37-29-15-6-4-11-22(29)25-17-18-30-34(36(25)37)26-14-8-13-24-27-20-33-28(19-31(27)38(30)35(24)26)23-12-5-7-16-32(23)39-33;1-33(2)24-12-5-3-9-20(24)30-25(33)14-15-26-31(30)21-11-7-10-19-22-17-29-23(16-27(22)34(26)32(19)21)18-8-4-6-13-28(18)35-29;1-3-10-24-16(6-1)21-14-23-20(15-27(21)33-24)17-8-5-9-19-28-22(31(23)30(17)19)12-13-26-29(28)18-7-2-4-11-25(18)32-26/h2*1-20H;3-17H,1-2H3;1-15H. The summed E-state index contributed by atoms with van der Waals surface area (Å²) in [7, 11) is 0. The highest BCUT2D eigenvalue weighted by molar-refractivity contribution is 6.38. The summed E-state index contributed by atoms with van der Waals surface area (Å²) in [6, 6.07) is 153. The van der Waals surface area contributed by atoms with Crippen LogP contribution in [0.25, 0.3) is 328 Å². The SMILES string of the molecule is CC1(C)c2ccccc2-c2c1ccc1c2c2cccc3c4cc5oc6ccccc6c5cc4n1c32.c1ccc(-n2c3ccccc3c3c4c5cccc6c7cc8oc9ccccc9c8cc7n(c4ccc32)c65)cc1.c1ccc(-n2c3ccccc3c3ccc4c(c5cccc6c7cc8oc9ccccc9c8cc7n4c65)c32)cc1.c1ccc2c(c1)oc1cc3c4cccc5c6c7c(ccc6n(c3cc12)c45)oc1ccccc17. The molecule has 11 heteroatoms. The van der Waals surface area contributed by atoms with Crippen molar-refractivity contribution in [2.24, 2.45) is 0 Å². The Bertz CT molecular complexity index is 12300. The van der Waals surface area contributed by atoms with Gasteiger partial charge in [-0.3, -0.25) is 0 Å². The summed E-state index contributed by atoms with van der Waals surface area (Å²) in [4.78, 5) is 0. The summed E-state index contributed by atoms with van der Waals surface area (Å²) in [5.74, 6) is 0. The van der Waals surface area contributed by atoms with Crippen LogP contribution in [0.2, 0.25) is 0 Å². The van der Waals surface area contributed by atoms with Crippen molar-refractivity contribution in [1.29, 1.82) is 0 Å². The van der Waals surface area contributed by atoms with Crippen molar-refractivity contribution in [3.8, 4) is 22.5 Å². The lowest BCUT2D eigenvalue weighted by Gasteiger charge is -2.21. The third kappa shape index (κ3) is 9.81. The molecule has 22 aromatic carbocycles. The zero-order valence-electron chi connectivity index (χ0n) is 78.6. The summed E-state index contributed by atoms with van der Waals surface area (Å²) in [5, 5.41) is 37.2. The quantitative estimate of drug-likeness (QED) is 0.172. The molecule has 0 saturated carbocycles. The molecule has 146 heavy (non-hydrogen) atoms. The van der Waals surface area contributed by atoms with Gasteiger partial charge in [-0.05, 0) is 174 Å². The van der Waals surface area contributed by atoms with Gasteiger partial charge >= 0.3 is 0 Å². The van der Waals surface area contributed by atoms with Crippen molar-refractivity contribution in [1.82, 2.24) is 26.7 Å². The number of fused-ring (bicyclic) bond motifs is 52. The third-order valence-corrected chi connectivity index (χ3v) is 33.1. The van der Waals surface area contributed by atoms with Crippen LogP contribution in [0, 0.1) is 0 Å². The first-order valence-electron chi connectivity index (χ1n) is 50.2. The molecular formula is C135H76N6O5. The molecule has 0 fully saturated rings. The van der Waals surface area contributed by atoms with E-state index in [2.05, 4.69) is 423 Å². The predicted octanol–water partition coefficient (Wildman–Crippen LogP) is 37.3. The van der Waals surface area contributed by atoms with Crippen molar-refractivity contribution in [2.45, 2.75) is 19.3 Å². The minimum absolute atomic E-state index is 0.00392. The fourth-order valence-electron chi connectivity index (χ4n) is 27.2. The first-order chi connectivity index (χ1) is 72.2. The lowest BCUT2D eigenvalue weighted by molar-refractivity contribution is 0.661. The number of benzene rings is 22. The van der Waals surface area contributed by atoms with E-state index in [-0.39, 0.29) is 5.41 Å². The highest BCUT2D eigenvalue weighted by Crippen LogP contribution is 2.57. The van der Waals surface area contributed by atoms with E-state index in [9.17, 15) is 0 Å². The van der Waals surface area contributed by atoms with Crippen LogP contribution < -0.4 is 0 Å². The van der Waals surface area contributed by atoms with Gasteiger partial charge in [0, 0.05) is 178 Å². The molecule has 15 aromatic heterocycles. The number of nitrogens with zero attached hydrogens (tertiary/aromatic N) is 6. The second-order valence-electron chi connectivity index (χ2n) is 40.6. The first kappa shape index (κ1) is 77.5. The summed E-state index contributed by atoms with van der Waals surface area (Å²) < 4.78 is 45.9. The number of aromatic nitrogens is 6. The summed E-state index contributed by atoms with van der Waals surface area (Å²) in [5.41, 5.74) is 37.3. The molecular weight excluding hydrogens is 1790 g/mol. The third-order valence-electron chi connectivity index (χ3n) is 33.1. The Morgan fingerprint density at radius 1 is 0.158 bits per heavy atom. The topological polar surface area (TPSA) is 93.2 Å². The molecule has 0 amide bonds. The summed E-state index contributed by atoms with van der Waals surface area (Å²) in [6.45, 7) is 4.71. The van der Waals surface area contributed by atoms with Gasteiger partial charge in [0.1, 0.15) is 55.8 Å². The van der Waals surface area contributed by atoms with Crippen molar-refractivity contribution in [3.63, 3.8) is 0 Å². The van der Waals surface area contributed by atoms with Gasteiger partial charge in [0.15, 0.2) is 0 Å². The van der Waals surface area contributed by atoms with E-state index < -0.39 is 0 Å². The van der Waals surface area contributed by atoms with E-state index in [1.807, 2.05) is 42.5 Å². The number of furan rings is 5. The molecule has 0 aliphatic heterocycles. The molecule has 0 N–H and O–H groups in total. The average Bonchev–Trinajstić information content (AvgIpc) is 1.52. The lowest BCUT2D eigenvalue weighted by Crippen LogP contribution is -2.14. The van der Waals surface area contributed by atoms with Crippen LogP contribution in [-0.4, -0.2) is 26.7 Å². The van der Waals surface area contributed by atoms with Crippen LogP contribution >= 0.6 is 0 Å². The average molecular weight is 1860 g/mol. The van der Waals surface area contributed by atoms with E-state index in [0.717, 1.165) is 88.1 Å². The second-order valence-corrected chi connectivity index (χ2v) is 40.6. The van der Waals surface area contributed by atoms with Gasteiger partial charge in [0.25, 0.3) is 0 Å². The first-order valence-corrected chi connectivity index (χ1v) is 50.2. The van der Waals surface area contributed by atoms with Crippen LogP contribution in [0.1, 0.15) is 25.0 Å². The molecule has 0 bridgehead atoms. The van der Waals surface area contributed by atoms with Crippen LogP contribution in [0.5, 0.6) is 0 Å². The molecule has 0 atom stereocenters. The minimum Gasteiger partial charge on any atom is -0.456 e. The van der Waals surface area contributed by atoms with Gasteiger partial charge in [-0.15, -0.1) is 0 Å². The molecule has 11 nitrogen and oxygen atoms in total. The monoisotopic (exact) mass is 1860 g/mol. The Kier molecular flexibility index (Phi) is 14.7. The van der Waals surface area contributed by atoms with Crippen LogP contribution in [0.4, 0.5) is 0 Å². The van der Waals surface area contributed by atoms with Crippen LogP contribution in [0.15, 0.2) is 447 Å². The van der Waals surface area contributed by atoms with Crippen molar-refractivity contribution >= 4 is 306 Å². The Hall–Kier alpha value is -19.4. The highest BCUT2D eigenvalue weighted by atomic mass is 16.3. The molecule has 0 unspecified atom stereocenters. The zero-order valence-corrected chi connectivity index (χ0v) is 78.6. The van der Waals surface area contributed by atoms with E-state index in [1.165, 1.54) is 251 Å². The van der Waals surface area contributed by atoms with Crippen molar-refractivity contribution < 1.29 is 22.1 Å². The van der Waals surface area contributed by atoms with Gasteiger partial charge in [-0.25, -0.2) is 0 Å². The molecule has 1 aliphatic rings. The molecule has 0 saturated heterocycles. The van der Waals surface area contributed by atoms with Crippen LogP contribution in [-0.2, 0) is 5.41 Å². The molecule has 0 spiro atoms. The predicted molar refractivity (Wildman–Crippen MR) is 607 cm³/mol. The van der Waals surface area contributed by atoms with E-state index >= 15 is 0 Å². The second kappa shape index (κ2) is 27.7. The van der Waals surface area contributed by atoms with Crippen molar-refractivity contribution in [3.05, 3.63) is 436 Å². The number of rotatable bonds is 2. The van der Waals surface area contributed by atoms with E-state index in [1.54, 1.807) is 0 Å². The Balaban J connectivity index is 0.0000000824. The number of para-hydroxylation sites is 13. The number of hydrogen-bond acceptors (Lipinski definition) is 5. The number of hydrogen-bond donors (Lipinski definition) is 0. The summed E-state index contributed by atoms with van der Waals surface area (Å²) >= 11 is 0. The smallest absolute Gasteiger partial charge is 0.136 e.